The fourth-order valence-corrected chi connectivity index (χ4v) is 5.04. The lowest BCUT2D eigenvalue weighted by atomic mass is 9.81. The number of benzene rings is 2. The molecule has 1 spiro atoms. The third-order valence-electron chi connectivity index (χ3n) is 6.91. The van der Waals surface area contributed by atoms with E-state index in [9.17, 15) is 14.7 Å². The van der Waals surface area contributed by atoms with Gasteiger partial charge in [0.25, 0.3) is 5.91 Å². The van der Waals surface area contributed by atoms with Crippen molar-refractivity contribution < 1.29 is 19.4 Å². The van der Waals surface area contributed by atoms with Gasteiger partial charge in [-0.1, -0.05) is 73.9 Å². The van der Waals surface area contributed by atoms with E-state index in [0.717, 1.165) is 36.0 Å². The Morgan fingerprint density at radius 1 is 1.00 bits per heavy atom. The van der Waals surface area contributed by atoms with E-state index in [4.69, 9.17) is 4.74 Å². The van der Waals surface area contributed by atoms with Gasteiger partial charge < -0.3 is 14.7 Å². The van der Waals surface area contributed by atoms with Crippen molar-refractivity contribution >= 4 is 11.9 Å². The van der Waals surface area contributed by atoms with Gasteiger partial charge in [-0.25, -0.2) is 4.79 Å². The van der Waals surface area contributed by atoms with Crippen LogP contribution in [-0.4, -0.2) is 58.7 Å². The highest BCUT2D eigenvalue weighted by atomic mass is 16.5. The highest BCUT2D eigenvalue weighted by Crippen LogP contribution is 2.39. The first-order valence-corrected chi connectivity index (χ1v) is 11.4. The van der Waals surface area contributed by atoms with Gasteiger partial charge in [-0.05, 0) is 36.5 Å². The maximum Gasteiger partial charge on any atom is 0.327 e. The van der Waals surface area contributed by atoms with Crippen molar-refractivity contribution in [2.24, 2.45) is 0 Å². The Morgan fingerprint density at radius 3 is 2.34 bits per heavy atom. The number of amides is 3. The molecule has 2 aromatic rings. The summed E-state index contributed by atoms with van der Waals surface area (Å²) in [6.45, 7) is 1.99. The molecule has 0 radical (unpaired) electrons. The van der Waals surface area contributed by atoms with Crippen LogP contribution in [0.1, 0.15) is 54.9 Å². The Balaban J connectivity index is 1.46. The first-order valence-electron chi connectivity index (χ1n) is 11.4. The number of carbonyl (C=O) groups is 2. The second kappa shape index (κ2) is 9.43. The van der Waals surface area contributed by atoms with Crippen molar-refractivity contribution in [1.29, 1.82) is 0 Å². The van der Waals surface area contributed by atoms with E-state index in [1.165, 1.54) is 4.90 Å². The largest absolute Gasteiger partial charge is 0.389 e. The molecule has 3 amide bonds. The Morgan fingerprint density at radius 2 is 1.66 bits per heavy atom. The van der Waals surface area contributed by atoms with Gasteiger partial charge in [-0.2, -0.15) is 0 Å². The zero-order chi connectivity index (χ0) is 22.7. The van der Waals surface area contributed by atoms with Crippen LogP contribution in [0.3, 0.4) is 0 Å². The van der Waals surface area contributed by atoms with E-state index >= 15 is 0 Å². The minimum atomic E-state index is -0.967. The molecule has 1 aliphatic carbocycles. The zero-order valence-electron chi connectivity index (χ0n) is 18.9. The number of hydrogen-bond donors (Lipinski definition) is 1. The van der Waals surface area contributed by atoms with Gasteiger partial charge in [0, 0.05) is 7.05 Å². The summed E-state index contributed by atoms with van der Waals surface area (Å²) in [6.07, 6.45) is 3.06. The van der Waals surface area contributed by atoms with E-state index in [2.05, 4.69) is 0 Å². The molecular formula is C26H32N2O4. The molecule has 1 saturated heterocycles. The number of urea groups is 1. The van der Waals surface area contributed by atoms with Gasteiger partial charge in [0.1, 0.15) is 11.6 Å². The number of rotatable bonds is 7. The monoisotopic (exact) mass is 436 g/mol. The van der Waals surface area contributed by atoms with E-state index in [0.29, 0.717) is 12.8 Å². The highest BCUT2D eigenvalue weighted by molar-refractivity contribution is 6.07. The second-order valence-corrected chi connectivity index (χ2v) is 8.98. The lowest BCUT2D eigenvalue weighted by Crippen LogP contribution is -2.49. The molecule has 2 unspecified atom stereocenters. The molecule has 1 aliphatic heterocycles. The van der Waals surface area contributed by atoms with Crippen LogP contribution < -0.4 is 0 Å². The van der Waals surface area contributed by atoms with E-state index in [1.54, 1.807) is 11.9 Å². The van der Waals surface area contributed by atoms with Gasteiger partial charge >= 0.3 is 6.03 Å². The molecule has 4 rings (SSSR count). The molecule has 32 heavy (non-hydrogen) atoms. The molecule has 2 aliphatic rings. The van der Waals surface area contributed by atoms with Crippen LogP contribution >= 0.6 is 0 Å². The van der Waals surface area contributed by atoms with Crippen molar-refractivity contribution in [3.05, 3.63) is 71.3 Å². The SMILES string of the molecule is Cc1ccccc1C(OCC(O)CN1C(=O)N(C)C2(CCCCC2)C1=O)c1ccccc1. The van der Waals surface area contributed by atoms with Crippen LogP contribution in [-0.2, 0) is 9.53 Å². The summed E-state index contributed by atoms with van der Waals surface area (Å²) in [5, 5.41) is 10.7. The Kier molecular flexibility index (Phi) is 6.63. The average Bonchev–Trinajstić information content (AvgIpc) is 2.98. The minimum absolute atomic E-state index is 0.0155. The van der Waals surface area contributed by atoms with Crippen molar-refractivity contribution in [1.82, 2.24) is 9.80 Å². The first-order chi connectivity index (χ1) is 15.4. The fraction of sp³-hybridized carbons (Fsp3) is 0.462. The quantitative estimate of drug-likeness (QED) is 0.665. The number of ether oxygens (including phenoxy) is 1. The molecule has 1 N–H and O–H groups in total. The maximum absolute atomic E-state index is 13.2. The van der Waals surface area contributed by atoms with Crippen molar-refractivity contribution in [2.45, 2.75) is 56.8 Å². The van der Waals surface area contributed by atoms with Gasteiger partial charge in [-0.15, -0.1) is 0 Å². The zero-order valence-corrected chi connectivity index (χ0v) is 18.9. The van der Waals surface area contributed by atoms with E-state index in [-0.39, 0.29) is 31.2 Å². The summed E-state index contributed by atoms with van der Waals surface area (Å²) in [5.74, 6) is -0.178. The van der Waals surface area contributed by atoms with Crippen molar-refractivity contribution in [3.8, 4) is 0 Å². The molecule has 6 heteroatoms. The summed E-state index contributed by atoms with van der Waals surface area (Å²) in [5.41, 5.74) is 2.38. The predicted octanol–water partition coefficient (Wildman–Crippen LogP) is 4.06. The van der Waals surface area contributed by atoms with Crippen LogP contribution in [0.2, 0.25) is 0 Å². The molecular weight excluding hydrogens is 404 g/mol. The molecule has 1 heterocycles. The highest BCUT2D eigenvalue weighted by Gasteiger charge is 2.55. The fourth-order valence-electron chi connectivity index (χ4n) is 5.04. The molecule has 1 saturated carbocycles. The number of nitrogens with zero attached hydrogens (tertiary/aromatic N) is 2. The van der Waals surface area contributed by atoms with Crippen molar-refractivity contribution in [3.63, 3.8) is 0 Å². The second-order valence-electron chi connectivity index (χ2n) is 8.98. The number of β-amino-alcohol motifs (C(OH)–C–C–N with tert-alkyl or cyclic N) is 1. The Labute approximate surface area is 189 Å². The number of aliphatic hydroxyl groups excluding tert-OH is 1. The maximum atomic E-state index is 13.2. The van der Waals surface area contributed by atoms with Gasteiger partial charge in [-0.3, -0.25) is 9.69 Å². The van der Waals surface area contributed by atoms with E-state index in [1.807, 2.05) is 61.5 Å². The normalized spacial score (nSPS) is 20.1. The number of hydrogen-bond acceptors (Lipinski definition) is 4. The Hall–Kier alpha value is -2.70. The minimum Gasteiger partial charge on any atom is -0.389 e. The summed E-state index contributed by atoms with van der Waals surface area (Å²) in [4.78, 5) is 28.8. The van der Waals surface area contributed by atoms with Gasteiger partial charge in [0.05, 0.1) is 19.3 Å². The number of carbonyl (C=O) groups excluding carboxylic acids is 2. The number of likely N-dealkylation sites (N-methyl/N-ethyl adjacent to an activating group) is 1. The summed E-state index contributed by atoms with van der Waals surface area (Å²) >= 11 is 0. The molecule has 170 valence electrons. The van der Waals surface area contributed by atoms with Crippen molar-refractivity contribution in [2.75, 3.05) is 20.2 Å². The van der Waals surface area contributed by atoms with Crippen LogP contribution in [0, 0.1) is 6.92 Å². The van der Waals surface area contributed by atoms with Crippen LogP contribution in [0.15, 0.2) is 54.6 Å². The first kappa shape index (κ1) is 22.5. The molecule has 0 aromatic heterocycles. The number of aliphatic hydroxyl groups is 1. The molecule has 2 fully saturated rings. The topological polar surface area (TPSA) is 70.1 Å². The molecule has 6 nitrogen and oxygen atoms in total. The summed E-state index contributed by atoms with van der Waals surface area (Å²) < 4.78 is 6.19. The lowest BCUT2D eigenvalue weighted by molar-refractivity contribution is -0.135. The number of aryl methyl sites for hydroxylation is 1. The van der Waals surface area contributed by atoms with Gasteiger partial charge in [0.2, 0.25) is 0 Å². The lowest BCUT2D eigenvalue weighted by Gasteiger charge is -2.35. The van der Waals surface area contributed by atoms with Crippen LogP contribution in [0.4, 0.5) is 4.79 Å². The van der Waals surface area contributed by atoms with Crippen LogP contribution in [0.25, 0.3) is 0 Å². The third kappa shape index (κ3) is 4.17. The molecule has 0 bridgehead atoms. The smallest absolute Gasteiger partial charge is 0.327 e. The average molecular weight is 437 g/mol. The summed E-state index contributed by atoms with van der Waals surface area (Å²) in [7, 11) is 1.71. The molecule has 2 aromatic carbocycles. The third-order valence-corrected chi connectivity index (χ3v) is 6.91. The Bertz CT molecular complexity index is 955. The predicted molar refractivity (Wildman–Crippen MR) is 122 cm³/mol. The van der Waals surface area contributed by atoms with Gasteiger partial charge in [0.15, 0.2) is 0 Å². The summed E-state index contributed by atoms with van der Waals surface area (Å²) in [6, 6.07) is 17.6. The number of imide groups is 1. The van der Waals surface area contributed by atoms with Crippen LogP contribution in [0.5, 0.6) is 0 Å². The van der Waals surface area contributed by atoms with E-state index < -0.39 is 11.6 Å². The molecule has 2 atom stereocenters. The standard InChI is InChI=1S/C26H32N2O4/c1-19-11-7-8-14-22(19)23(20-12-5-3-6-13-20)32-18-21(29)17-28-24(30)26(27(2)25(28)31)15-9-4-10-16-26/h3,5-8,11-14,21,23,29H,4,9-10,15-18H2,1-2H3.